The summed E-state index contributed by atoms with van der Waals surface area (Å²) in [7, 11) is -2.39. The number of ether oxygens (including phenoxy) is 2. The van der Waals surface area contributed by atoms with Crippen molar-refractivity contribution in [1.82, 2.24) is 10.0 Å². The SMILES string of the molecule is COc1ccc(C(=O)C(OC(=O)CNC(=O)CNS(=O)(=O)c2ccc(C)cc2)c2ccccc2)cc1. The highest BCUT2D eigenvalue weighted by atomic mass is 32.2. The van der Waals surface area contributed by atoms with Gasteiger partial charge in [-0.1, -0.05) is 48.0 Å². The summed E-state index contributed by atoms with van der Waals surface area (Å²) in [6, 6.07) is 21.0. The summed E-state index contributed by atoms with van der Waals surface area (Å²) in [6.45, 7) is 0.698. The Kier molecular flexibility index (Phi) is 8.93. The summed E-state index contributed by atoms with van der Waals surface area (Å²) < 4.78 is 37.3. The van der Waals surface area contributed by atoms with Crippen molar-refractivity contribution < 1.29 is 32.3 Å². The first-order chi connectivity index (χ1) is 17.2. The van der Waals surface area contributed by atoms with Gasteiger partial charge in [0.25, 0.3) is 0 Å². The van der Waals surface area contributed by atoms with Crippen LogP contribution in [0.1, 0.15) is 27.6 Å². The van der Waals surface area contributed by atoms with Gasteiger partial charge in [-0.05, 0) is 43.3 Å². The Balaban J connectivity index is 1.60. The number of hydrogen-bond donors (Lipinski definition) is 2. The lowest BCUT2D eigenvalue weighted by Crippen LogP contribution is -2.39. The van der Waals surface area contributed by atoms with E-state index in [2.05, 4.69) is 10.0 Å². The number of rotatable bonds is 11. The predicted molar refractivity (Wildman–Crippen MR) is 132 cm³/mol. The van der Waals surface area contributed by atoms with Gasteiger partial charge in [-0.3, -0.25) is 14.4 Å². The van der Waals surface area contributed by atoms with Gasteiger partial charge in [-0.15, -0.1) is 0 Å². The number of esters is 1. The van der Waals surface area contributed by atoms with Gasteiger partial charge >= 0.3 is 5.97 Å². The number of carbonyl (C=O) groups is 3. The van der Waals surface area contributed by atoms with Crippen LogP contribution in [-0.4, -0.2) is 46.3 Å². The molecule has 1 amide bonds. The van der Waals surface area contributed by atoms with Crippen molar-refractivity contribution in [2.24, 2.45) is 0 Å². The summed E-state index contributed by atoms with van der Waals surface area (Å²) in [4.78, 5) is 37.7. The van der Waals surface area contributed by atoms with Crippen molar-refractivity contribution in [1.29, 1.82) is 0 Å². The molecule has 0 saturated heterocycles. The molecule has 0 spiro atoms. The number of carbonyl (C=O) groups excluding carboxylic acids is 3. The first-order valence-electron chi connectivity index (χ1n) is 11.0. The van der Waals surface area contributed by atoms with E-state index >= 15 is 0 Å². The Morgan fingerprint density at radius 1 is 0.861 bits per heavy atom. The van der Waals surface area contributed by atoms with E-state index in [1.807, 2.05) is 6.92 Å². The van der Waals surface area contributed by atoms with Crippen molar-refractivity contribution in [3.8, 4) is 5.75 Å². The summed E-state index contributed by atoms with van der Waals surface area (Å²) in [5.41, 5.74) is 1.67. The van der Waals surface area contributed by atoms with E-state index in [1.54, 1.807) is 66.7 Å². The lowest BCUT2D eigenvalue weighted by Gasteiger charge is -2.18. The smallest absolute Gasteiger partial charge is 0.326 e. The van der Waals surface area contributed by atoms with Crippen LogP contribution < -0.4 is 14.8 Å². The average Bonchev–Trinajstić information content (AvgIpc) is 2.90. The Morgan fingerprint density at radius 3 is 2.11 bits per heavy atom. The minimum absolute atomic E-state index is 0.0167. The number of methoxy groups -OCH3 is 1. The highest BCUT2D eigenvalue weighted by molar-refractivity contribution is 7.89. The molecular formula is C26H26N2O7S. The molecule has 3 aromatic carbocycles. The largest absolute Gasteiger partial charge is 0.497 e. The second-order valence-corrected chi connectivity index (χ2v) is 9.55. The van der Waals surface area contributed by atoms with Crippen LogP contribution in [0.3, 0.4) is 0 Å². The van der Waals surface area contributed by atoms with Gasteiger partial charge in [0.1, 0.15) is 12.3 Å². The van der Waals surface area contributed by atoms with Crippen molar-refractivity contribution in [3.63, 3.8) is 0 Å². The Labute approximate surface area is 209 Å². The van der Waals surface area contributed by atoms with Crippen LogP contribution in [0.15, 0.2) is 83.8 Å². The zero-order valence-electron chi connectivity index (χ0n) is 19.8. The molecule has 3 aromatic rings. The fourth-order valence-electron chi connectivity index (χ4n) is 3.18. The number of sulfonamides is 1. The van der Waals surface area contributed by atoms with Crippen molar-refractivity contribution in [3.05, 3.63) is 95.6 Å². The molecule has 0 saturated carbocycles. The molecule has 10 heteroatoms. The van der Waals surface area contributed by atoms with E-state index in [9.17, 15) is 22.8 Å². The van der Waals surface area contributed by atoms with Crippen molar-refractivity contribution in [2.75, 3.05) is 20.2 Å². The van der Waals surface area contributed by atoms with E-state index < -0.39 is 46.9 Å². The van der Waals surface area contributed by atoms with Crippen LogP contribution in [-0.2, 0) is 24.3 Å². The molecule has 0 aliphatic carbocycles. The molecule has 0 aliphatic rings. The van der Waals surface area contributed by atoms with Crippen LogP contribution >= 0.6 is 0 Å². The maximum absolute atomic E-state index is 13.1. The molecule has 188 valence electrons. The number of Topliss-reactive ketones (excluding diaryl/α,β-unsaturated/α-hetero) is 1. The fraction of sp³-hybridized carbons (Fsp3) is 0.192. The van der Waals surface area contributed by atoms with Gasteiger partial charge in [-0.25, -0.2) is 13.1 Å². The third-order valence-electron chi connectivity index (χ3n) is 5.15. The Morgan fingerprint density at radius 2 is 1.50 bits per heavy atom. The molecule has 0 heterocycles. The fourth-order valence-corrected chi connectivity index (χ4v) is 4.16. The quantitative estimate of drug-likeness (QED) is 0.300. The van der Waals surface area contributed by atoms with Crippen LogP contribution in [0.2, 0.25) is 0 Å². The lowest BCUT2D eigenvalue weighted by atomic mass is 9.99. The van der Waals surface area contributed by atoms with Gasteiger partial charge in [0.05, 0.1) is 18.6 Å². The summed E-state index contributed by atoms with van der Waals surface area (Å²) in [6.07, 6.45) is -1.23. The van der Waals surface area contributed by atoms with Gasteiger partial charge in [0.15, 0.2) is 6.10 Å². The van der Waals surface area contributed by atoms with Crippen molar-refractivity contribution in [2.45, 2.75) is 17.9 Å². The second kappa shape index (κ2) is 12.1. The second-order valence-electron chi connectivity index (χ2n) is 7.79. The Bertz CT molecular complexity index is 1310. The average molecular weight is 511 g/mol. The highest BCUT2D eigenvalue weighted by Crippen LogP contribution is 2.24. The van der Waals surface area contributed by atoms with Crippen LogP contribution in [0.4, 0.5) is 0 Å². The topological polar surface area (TPSA) is 128 Å². The minimum Gasteiger partial charge on any atom is -0.497 e. The number of nitrogens with one attached hydrogen (secondary N) is 2. The first-order valence-corrected chi connectivity index (χ1v) is 12.4. The first kappa shape index (κ1) is 26.6. The lowest BCUT2D eigenvalue weighted by molar-refractivity contribution is -0.147. The highest BCUT2D eigenvalue weighted by Gasteiger charge is 2.26. The maximum Gasteiger partial charge on any atom is 0.326 e. The van der Waals surface area contributed by atoms with Crippen LogP contribution in [0.25, 0.3) is 0 Å². The third kappa shape index (κ3) is 7.24. The normalized spacial score (nSPS) is 11.8. The van der Waals surface area contributed by atoms with Gasteiger partial charge < -0.3 is 14.8 Å². The molecule has 0 aliphatic heterocycles. The minimum atomic E-state index is -3.89. The monoisotopic (exact) mass is 510 g/mol. The molecule has 0 fully saturated rings. The summed E-state index contributed by atoms with van der Waals surface area (Å²) >= 11 is 0. The van der Waals surface area contributed by atoms with Crippen LogP contribution in [0, 0.1) is 6.92 Å². The molecule has 2 N–H and O–H groups in total. The maximum atomic E-state index is 13.1. The molecule has 0 aromatic heterocycles. The third-order valence-corrected chi connectivity index (χ3v) is 6.57. The summed E-state index contributed by atoms with van der Waals surface area (Å²) in [5.74, 6) is -1.48. The summed E-state index contributed by atoms with van der Waals surface area (Å²) in [5, 5.41) is 2.30. The molecule has 1 unspecified atom stereocenters. The molecule has 3 rings (SSSR count). The molecule has 36 heavy (non-hydrogen) atoms. The zero-order chi connectivity index (χ0) is 26.1. The molecule has 0 radical (unpaired) electrons. The molecular weight excluding hydrogens is 484 g/mol. The predicted octanol–water partition coefficient (Wildman–Crippen LogP) is 2.57. The number of hydrogen-bond acceptors (Lipinski definition) is 7. The molecule has 0 bridgehead atoms. The standard InChI is InChI=1S/C26H26N2O7S/c1-18-8-14-22(15-9-18)36(32,33)28-16-23(29)27-17-24(30)35-26(20-6-4-3-5-7-20)25(31)19-10-12-21(34-2)13-11-19/h3-15,26,28H,16-17H2,1-2H3,(H,27,29). The van der Waals surface area contributed by atoms with Crippen molar-refractivity contribution >= 4 is 27.7 Å². The van der Waals surface area contributed by atoms with Gasteiger partial charge in [-0.2, -0.15) is 0 Å². The number of amides is 1. The zero-order valence-corrected chi connectivity index (χ0v) is 20.6. The van der Waals surface area contributed by atoms with E-state index in [4.69, 9.17) is 9.47 Å². The van der Waals surface area contributed by atoms with Gasteiger partial charge in [0, 0.05) is 11.1 Å². The molecule has 9 nitrogen and oxygen atoms in total. The molecule has 1 atom stereocenters. The van der Waals surface area contributed by atoms with E-state index in [0.29, 0.717) is 16.9 Å². The van der Waals surface area contributed by atoms with E-state index in [1.165, 1.54) is 19.2 Å². The number of benzene rings is 3. The Hall–Kier alpha value is -4.02. The number of aryl methyl sites for hydroxylation is 1. The van der Waals surface area contributed by atoms with Gasteiger partial charge in [0.2, 0.25) is 21.7 Å². The number of ketones is 1. The van der Waals surface area contributed by atoms with E-state index in [-0.39, 0.29) is 4.90 Å². The van der Waals surface area contributed by atoms with E-state index in [0.717, 1.165) is 5.56 Å². The van der Waals surface area contributed by atoms with Crippen LogP contribution in [0.5, 0.6) is 5.75 Å².